The summed E-state index contributed by atoms with van der Waals surface area (Å²) in [6.45, 7) is 7.54. The van der Waals surface area contributed by atoms with Crippen molar-refractivity contribution in [2.24, 2.45) is 0 Å². The van der Waals surface area contributed by atoms with Crippen LogP contribution >= 0.6 is 11.6 Å². The molecule has 0 unspecified atom stereocenters. The maximum Gasteiger partial charge on any atom is 0.321 e. The molecular weight excluding hydrogens is 316 g/mol. The van der Waals surface area contributed by atoms with Crippen LogP contribution in [0.3, 0.4) is 0 Å². The monoisotopic (exact) mass is 336 g/mol. The van der Waals surface area contributed by atoms with Gasteiger partial charge in [-0.25, -0.2) is 0 Å². The first-order valence-electron chi connectivity index (χ1n) is 7.29. The summed E-state index contributed by atoms with van der Waals surface area (Å²) in [4.78, 5) is 11.6. The van der Waals surface area contributed by atoms with Gasteiger partial charge in [-0.3, -0.25) is 4.79 Å². The summed E-state index contributed by atoms with van der Waals surface area (Å²) in [5, 5.41) is 0. The molecule has 0 saturated carbocycles. The molecule has 0 aromatic carbocycles. The van der Waals surface area contributed by atoms with Crippen molar-refractivity contribution in [3.05, 3.63) is 0 Å². The van der Waals surface area contributed by atoms with Crippen molar-refractivity contribution in [2.75, 3.05) is 12.5 Å². The molecule has 3 fully saturated rings. The van der Waals surface area contributed by atoms with Crippen molar-refractivity contribution in [3.63, 3.8) is 0 Å². The van der Waals surface area contributed by atoms with E-state index in [2.05, 4.69) is 0 Å². The Morgan fingerprint density at radius 2 is 1.86 bits per heavy atom. The zero-order valence-electron chi connectivity index (χ0n) is 13.0. The van der Waals surface area contributed by atoms with Crippen LogP contribution in [0.2, 0.25) is 0 Å². The Labute approximate surface area is 134 Å². The van der Waals surface area contributed by atoms with Gasteiger partial charge in [-0.05, 0) is 27.7 Å². The lowest BCUT2D eigenvalue weighted by atomic mass is 10.1. The van der Waals surface area contributed by atoms with Gasteiger partial charge in [-0.15, -0.1) is 11.6 Å². The molecule has 0 N–H and O–H groups in total. The van der Waals surface area contributed by atoms with E-state index in [9.17, 15) is 4.79 Å². The maximum atomic E-state index is 11.6. The largest absolute Gasteiger partial charge is 0.456 e. The van der Waals surface area contributed by atoms with E-state index in [0.29, 0.717) is 6.61 Å². The number of hydrogen-bond acceptors (Lipinski definition) is 7. The number of ether oxygens (including phenoxy) is 6. The second-order valence-electron chi connectivity index (χ2n) is 6.52. The van der Waals surface area contributed by atoms with Crippen molar-refractivity contribution in [1.82, 2.24) is 0 Å². The van der Waals surface area contributed by atoms with Crippen LogP contribution in [0.25, 0.3) is 0 Å². The number of esters is 1. The summed E-state index contributed by atoms with van der Waals surface area (Å²) in [5.74, 6) is -2.27. The van der Waals surface area contributed by atoms with Crippen molar-refractivity contribution < 1.29 is 33.2 Å². The molecule has 3 rings (SSSR count). The standard InChI is InChI=1S/C14H21ClO7/c1-13(2)17-6-7(20-13)9-10(18-8(16)5-15)11-12(19-9)22-14(3,4)21-11/h7,9-12H,5-6H2,1-4H3/t7-,9-,10+,11-,12-/m1/s1. The zero-order valence-corrected chi connectivity index (χ0v) is 13.8. The fourth-order valence-corrected chi connectivity index (χ4v) is 3.06. The topological polar surface area (TPSA) is 72.5 Å². The molecule has 5 atom stereocenters. The van der Waals surface area contributed by atoms with Gasteiger partial charge in [0.15, 0.2) is 30.1 Å². The van der Waals surface area contributed by atoms with Gasteiger partial charge >= 0.3 is 5.97 Å². The number of fused-ring (bicyclic) bond motifs is 1. The maximum absolute atomic E-state index is 11.6. The van der Waals surface area contributed by atoms with E-state index in [1.807, 2.05) is 13.8 Å². The lowest BCUT2D eigenvalue weighted by Crippen LogP contribution is -2.45. The SMILES string of the molecule is CC1(C)O[C@H]2O[C@H]([C@H]3COC(C)(C)O3)[C@H](OC(=O)CCl)[C@H]2O1. The summed E-state index contributed by atoms with van der Waals surface area (Å²) >= 11 is 5.54. The van der Waals surface area contributed by atoms with E-state index in [0.717, 1.165) is 0 Å². The predicted molar refractivity (Wildman–Crippen MR) is 74.2 cm³/mol. The molecule has 8 heteroatoms. The van der Waals surface area contributed by atoms with E-state index in [1.165, 1.54) is 0 Å². The van der Waals surface area contributed by atoms with Crippen molar-refractivity contribution in [2.45, 2.75) is 70.0 Å². The first-order valence-corrected chi connectivity index (χ1v) is 7.82. The van der Waals surface area contributed by atoms with E-state index < -0.39 is 42.1 Å². The van der Waals surface area contributed by atoms with Crippen LogP contribution in [0.15, 0.2) is 0 Å². The molecule has 3 aliphatic heterocycles. The molecule has 3 saturated heterocycles. The second-order valence-corrected chi connectivity index (χ2v) is 6.79. The Morgan fingerprint density at radius 3 is 2.45 bits per heavy atom. The summed E-state index contributed by atoms with van der Waals surface area (Å²) in [7, 11) is 0. The summed E-state index contributed by atoms with van der Waals surface area (Å²) in [6, 6.07) is 0. The number of carbonyl (C=O) groups is 1. The fraction of sp³-hybridized carbons (Fsp3) is 0.929. The van der Waals surface area contributed by atoms with Crippen molar-refractivity contribution in [1.29, 1.82) is 0 Å². The first-order chi connectivity index (χ1) is 10.2. The van der Waals surface area contributed by atoms with Gasteiger partial charge in [0.2, 0.25) is 0 Å². The molecule has 0 amide bonds. The normalized spacial score (nSPS) is 42.3. The lowest BCUT2D eigenvalue weighted by Gasteiger charge is -2.28. The molecule has 0 radical (unpaired) electrons. The highest BCUT2D eigenvalue weighted by atomic mass is 35.5. The highest BCUT2D eigenvalue weighted by molar-refractivity contribution is 6.26. The number of carbonyl (C=O) groups excluding carboxylic acids is 1. The van der Waals surface area contributed by atoms with E-state index in [4.69, 9.17) is 40.0 Å². The van der Waals surface area contributed by atoms with Gasteiger partial charge in [-0.1, -0.05) is 0 Å². The van der Waals surface area contributed by atoms with Gasteiger partial charge in [-0.2, -0.15) is 0 Å². The smallest absolute Gasteiger partial charge is 0.321 e. The Morgan fingerprint density at radius 1 is 1.14 bits per heavy atom. The third-order valence-electron chi connectivity index (χ3n) is 3.80. The molecule has 3 heterocycles. The minimum Gasteiger partial charge on any atom is -0.456 e. The van der Waals surface area contributed by atoms with Crippen molar-refractivity contribution in [3.8, 4) is 0 Å². The predicted octanol–water partition coefficient (Wildman–Crippen LogP) is 1.16. The van der Waals surface area contributed by atoms with Crippen LogP contribution in [0.1, 0.15) is 27.7 Å². The van der Waals surface area contributed by atoms with Gasteiger partial charge in [0.05, 0.1) is 6.61 Å². The third-order valence-corrected chi connectivity index (χ3v) is 4.02. The fourth-order valence-electron chi connectivity index (χ4n) is 3.00. The van der Waals surface area contributed by atoms with Crippen LogP contribution < -0.4 is 0 Å². The summed E-state index contributed by atoms with van der Waals surface area (Å²) in [6.07, 6.45) is -2.68. The molecule has 0 aromatic rings. The molecule has 7 nitrogen and oxygen atoms in total. The van der Waals surface area contributed by atoms with Gasteiger partial charge in [0, 0.05) is 0 Å². The highest BCUT2D eigenvalue weighted by Gasteiger charge is 2.59. The van der Waals surface area contributed by atoms with Crippen LogP contribution in [-0.2, 0) is 33.2 Å². The van der Waals surface area contributed by atoms with Gasteiger partial charge in [0.25, 0.3) is 0 Å². The molecule has 22 heavy (non-hydrogen) atoms. The number of hydrogen-bond donors (Lipinski definition) is 0. The zero-order chi connectivity index (χ0) is 16.1. The number of alkyl halides is 1. The van der Waals surface area contributed by atoms with Gasteiger partial charge in [0.1, 0.15) is 18.1 Å². The Kier molecular flexibility index (Phi) is 4.16. The second kappa shape index (κ2) is 5.58. The number of rotatable bonds is 3. The summed E-state index contributed by atoms with van der Waals surface area (Å²) < 4.78 is 34.2. The minimum atomic E-state index is -0.793. The third kappa shape index (κ3) is 3.11. The Balaban J connectivity index is 1.76. The Bertz CT molecular complexity index is 452. The molecule has 0 bridgehead atoms. The van der Waals surface area contributed by atoms with Crippen LogP contribution in [0.4, 0.5) is 0 Å². The van der Waals surface area contributed by atoms with E-state index in [-0.39, 0.29) is 12.0 Å². The highest BCUT2D eigenvalue weighted by Crippen LogP contribution is 2.41. The number of halogens is 1. The average molecular weight is 337 g/mol. The van der Waals surface area contributed by atoms with Crippen LogP contribution in [0, 0.1) is 0 Å². The minimum absolute atomic E-state index is 0.238. The van der Waals surface area contributed by atoms with Crippen LogP contribution in [0.5, 0.6) is 0 Å². The molecule has 0 spiro atoms. The molecule has 0 aromatic heterocycles. The molecular formula is C14H21ClO7. The van der Waals surface area contributed by atoms with Crippen molar-refractivity contribution >= 4 is 17.6 Å². The molecule has 0 aliphatic carbocycles. The summed E-state index contributed by atoms with van der Waals surface area (Å²) in [5.41, 5.74) is 0. The van der Waals surface area contributed by atoms with Crippen LogP contribution in [-0.4, -0.2) is 60.7 Å². The quantitative estimate of drug-likeness (QED) is 0.565. The first kappa shape index (κ1) is 16.4. The van der Waals surface area contributed by atoms with E-state index in [1.54, 1.807) is 13.8 Å². The van der Waals surface area contributed by atoms with E-state index >= 15 is 0 Å². The lowest BCUT2D eigenvalue weighted by molar-refractivity contribution is -0.235. The Hall–Kier alpha value is -0.440. The molecule has 126 valence electrons. The molecule has 3 aliphatic rings. The average Bonchev–Trinajstić information content (AvgIpc) is 3.01. The van der Waals surface area contributed by atoms with Gasteiger partial charge < -0.3 is 28.4 Å².